The Morgan fingerprint density at radius 3 is 2.38 bits per heavy atom. The molecule has 1 aromatic carbocycles. The molecule has 2 amide bonds. The zero-order valence-corrected chi connectivity index (χ0v) is 15.1. The number of nitrogens with one attached hydrogen (secondary N) is 2. The molecule has 7 nitrogen and oxygen atoms in total. The van der Waals surface area contributed by atoms with Crippen LogP contribution in [0.15, 0.2) is 61.1 Å². The number of aromatic nitrogens is 3. The SMILES string of the molecule is CC(C(=O)Nc1cccc(NC(=O)c2ccc(C(F)(F)F)nc2)c1)n1cccn1. The van der Waals surface area contributed by atoms with Gasteiger partial charge in [0.1, 0.15) is 11.7 Å². The van der Waals surface area contributed by atoms with Gasteiger partial charge in [-0.3, -0.25) is 19.3 Å². The van der Waals surface area contributed by atoms with E-state index in [4.69, 9.17) is 0 Å². The van der Waals surface area contributed by atoms with Crippen LogP contribution in [-0.2, 0) is 11.0 Å². The molecule has 0 aliphatic carbocycles. The van der Waals surface area contributed by atoms with Crippen molar-refractivity contribution in [3.63, 3.8) is 0 Å². The molecule has 0 fully saturated rings. The van der Waals surface area contributed by atoms with Crippen molar-refractivity contribution in [2.24, 2.45) is 0 Å². The first-order valence-electron chi connectivity index (χ1n) is 8.49. The number of nitrogens with zero attached hydrogens (tertiary/aromatic N) is 3. The lowest BCUT2D eigenvalue weighted by Gasteiger charge is -2.13. The second kappa shape index (κ2) is 8.13. The molecule has 10 heteroatoms. The van der Waals surface area contributed by atoms with Gasteiger partial charge in [-0.05, 0) is 43.3 Å². The molecule has 0 radical (unpaired) electrons. The Balaban J connectivity index is 1.66. The fourth-order valence-corrected chi connectivity index (χ4v) is 2.45. The summed E-state index contributed by atoms with van der Waals surface area (Å²) in [5.41, 5.74) is -0.304. The summed E-state index contributed by atoms with van der Waals surface area (Å²) in [5, 5.41) is 9.29. The second-order valence-electron chi connectivity index (χ2n) is 6.12. The Morgan fingerprint density at radius 2 is 1.79 bits per heavy atom. The van der Waals surface area contributed by atoms with Gasteiger partial charge < -0.3 is 10.6 Å². The van der Waals surface area contributed by atoms with Crippen molar-refractivity contribution in [1.82, 2.24) is 14.8 Å². The number of benzene rings is 1. The largest absolute Gasteiger partial charge is 0.433 e. The maximum absolute atomic E-state index is 12.6. The normalized spacial score (nSPS) is 12.3. The van der Waals surface area contributed by atoms with E-state index in [1.54, 1.807) is 43.6 Å². The molecule has 3 aromatic rings. The number of alkyl halides is 3. The molecule has 0 saturated carbocycles. The van der Waals surface area contributed by atoms with Gasteiger partial charge in [0.2, 0.25) is 5.91 Å². The lowest BCUT2D eigenvalue weighted by molar-refractivity contribution is -0.141. The summed E-state index contributed by atoms with van der Waals surface area (Å²) in [7, 11) is 0. The van der Waals surface area contributed by atoms with Gasteiger partial charge in [0, 0.05) is 30.0 Å². The molecule has 2 N–H and O–H groups in total. The van der Waals surface area contributed by atoms with E-state index in [1.165, 1.54) is 10.7 Å². The summed E-state index contributed by atoms with van der Waals surface area (Å²) in [6, 6.07) is 9.32. The molecule has 0 spiro atoms. The topological polar surface area (TPSA) is 88.9 Å². The van der Waals surface area contributed by atoms with Crippen LogP contribution in [0, 0.1) is 0 Å². The number of rotatable bonds is 5. The predicted molar refractivity (Wildman–Crippen MR) is 99.2 cm³/mol. The van der Waals surface area contributed by atoms with Crippen molar-refractivity contribution in [2.45, 2.75) is 19.1 Å². The quantitative estimate of drug-likeness (QED) is 0.679. The summed E-state index contributed by atoms with van der Waals surface area (Å²) in [5.74, 6) is -0.927. The van der Waals surface area contributed by atoms with Crippen molar-refractivity contribution in [2.75, 3.05) is 10.6 Å². The molecule has 150 valence electrons. The average molecular weight is 403 g/mol. The highest BCUT2D eigenvalue weighted by Gasteiger charge is 2.32. The molecule has 1 unspecified atom stereocenters. The van der Waals surface area contributed by atoms with Crippen LogP contribution in [0.1, 0.15) is 29.0 Å². The highest BCUT2D eigenvalue weighted by molar-refractivity contribution is 6.04. The van der Waals surface area contributed by atoms with Crippen molar-refractivity contribution in [1.29, 1.82) is 0 Å². The Labute approximate surface area is 163 Å². The van der Waals surface area contributed by atoms with Crippen LogP contribution >= 0.6 is 0 Å². The number of anilines is 2. The second-order valence-corrected chi connectivity index (χ2v) is 6.12. The zero-order valence-electron chi connectivity index (χ0n) is 15.1. The zero-order chi connectivity index (χ0) is 21.0. The van der Waals surface area contributed by atoms with Gasteiger partial charge in [-0.25, -0.2) is 0 Å². The third-order valence-corrected chi connectivity index (χ3v) is 4.01. The van der Waals surface area contributed by atoms with Gasteiger partial charge in [-0.1, -0.05) is 6.07 Å². The molecule has 0 bridgehead atoms. The smallest absolute Gasteiger partial charge is 0.324 e. The minimum atomic E-state index is -4.57. The highest BCUT2D eigenvalue weighted by atomic mass is 19.4. The standard InChI is InChI=1S/C19H16F3N5O2/c1-12(27-9-3-8-24-27)17(28)25-14-4-2-5-15(10-14)26-18(29)13-6-7-16(23-11-13)19(20,21)22/h2-12H,1H3,(H,25,28)(H,26,29). The van der Waals surface area contributed by atoms with Crippen molar-refractivity contribution in [3.8, 4) is 0 Å². The number of carbonyl (C=O) groups excluding carboxylic acids is 2. The van der Waals surface area contributed by atoms with Crippen LogP contribution in [-0.4, -0.2) is 26.6 Å². The number of hydrogen-bond acceptors (Lipinski definition) is 4. The molecule has 0 aliphatic rings. The van der Waals surface area contributed by atoms with E-state index < -0.39 is 23.8 Å². The molecular formula is C19H16F3N5O2. The summed E-state index contributed by atoms with van der Waals surface area (Å²) >= 11 is 0. The van der Waals surface area contributed by atoms with Crippen molar-refractivity contribution < 1.29 is 22.8 Å². The van der Waals surface area contributed by atoms with Crippen molar-refractivity contribution in [3.05, 3.63) is 72.3 Å². The van der Waals surface area contributed by atoms with Crippen LogP contribution in [0.3, 0.4) is 0 Å². The molecule has 0 aliphatic heterocycles. The maximum atomic E-state index is 12.6. The summed E-state index contributed by atoms with van der Waals surface area (Å²) in [6.07, 6.45) is -0.487. The number of amides is 2. The van der Waals surface area contributed by atoms with Crippen molar-refractivity contribution >= 4 is 23.2 Å². The minimum Gasteiger partial charge on any atom is -0.324 e. The first-order chi connectivity index (χ1) is 13.7. The summed E-state index contributed by atoms with van der Waals surface area (Å²) in [4.78, 5) is 27.8. The van der Waals surface area contributed by atoms with Crippen LogP contribution in [0.2, 0.25) is 0 Å². The lowest BCUT2D eigenvalue weighted by atomic mass is 10.2. The molecule has 0 saturated heterocycles. The van der Waals surface area contributed by atoms with E-state index in [0.717, 1.165) is 18.3 Å². The molecule has 2 aromatic heterocycles. The number of carbonyl (C=O) groups is 2. The molecule has 3 rings (SSSR count). The van der Waals surface area contributed by atoms with Gasteiger partial charge >= 0.3 is 6.18 Å². The van der Waals surface area contributed by atoms with E-state index in [1.807, 2.05) is 0 Å². The number of pyridine rings is 1. The van der Waals surface area contributed by atoms with Gasteiger partial charge in [-0.15, -0.1) is 0 Å². The predicted octanol–water partition coefficient (Wildman–Crippen LogP) is 3.75. The third-order valence-electron chi connectivity index (χ3n) is 4.01. The van der Waals surface area contributed by atoms with Gasteiger partial charge in [0.15, 0.2) is 0 Å². The van der Waals surface area contributed by atoms with Gasteiger partial charge in [0.05, 0.1) is 5.56 Å². The first-order valence-corrected chi connectivity index (χ1v) is 8.49. The first kappa shape index (κ1) is 20.1. The fraction of sp³-hybridized carbons (Fsp3) is 0.158. The Hall–Kier alpha value is -3.69. The fourth-order valence-electron chi connectivity index (χ4n) is 2.45. The van der Waals surface area contributed by atoms with Crippen LogP contribution < -0.4 is 10.6 Å². The Bertz CT molecular complexity index is 1000. The minimum absolute atomic E-state index is 0.0280. The highest BCUT2D eigenvalue weighted by Crippen LogP contribution is 2.27. The Kier molecular flexibility index (Phi) is 5.62. The van der Waals surface area contributed by atoms with E-state index in [9.17, 15) is 22.8 Å². The molecule has 29 heavy (non-hydrogen) atoms. The maximum Gasteiger partial charge on any atom is 0.433 e. The lowest BCUT2D eigenvalue weighted by Crippen LogP contribution is -2.24. The summed E-state index contributed by atoms with van der Waals surface area (Å²) in [6.45, 7) is 1.69. The van der Waals surface area contributed by atoms with Gasteiger partial charge in [-0.2, -0.15) is 18.3 Å². The average Bonchev–Trinajstić information content (AvgIpc) is 3.22. The van der Waals surface area contributed by atoms with E-state index in [-0.39, 0.29) is 11.5 Å². The molecule has 2 heterocycles. The van der Waals surface area contributed by atoms with Crippen LogP contribution in [0.25, 0.3) is 0 Å². The monoisotopic (exact) mass is 403 g/mol. The van der Waals surface area contributed by atoms with Crippen LogP contribution in [0.4, 0.5) is 24.5 Å². The number of halogens is 3. The van der Waals surface area contributed by atoms with E-state index >= 15 is 0 Å². The van der Waals surface area contributed by atoms with Gasteiger partial charge in [0.25, 0.3) is 5.91 Å². The third kappa shape index (κ3) is 4.98. The van der Waals surface area contributed by atoms with E-state index in [0.29, 0.717) is 11.4 Å². The molecular weight excluding hydrogens is 387 g/mol. The van der Waals surface area contributed by atoms with E-state index in [2.05, 4.69) is 20.7 Å². The number of hydrogen-bond donors (Lipinski definition) is 2. The van der Waals surface area contributed by atoms with Crippen LogP contribution in [0.5, 0.6) is 0 Å². The summed E-state index contributed by atoms with van der Waals surface area (Å²) < 4.78 is 39.2. The molecule has 1 atom stereocenters. The Morgan fingerprint density at radius 1 is 1.07 bits per heavy atom.